The molecule has 0 saturated heterocycles. The van der Waals surface area contributed by atoms with Gasteiger partial charge in [0.15, 0.2) is 11.5 Å². The third-order valence-electron chi connectivity index (χ3n) is 3.88. The van der Waals surface area contributed by atoms with Crippen molar-refractivity contribution >= 4 is 11.6 Å². The van der Waals surface area contributed by atoms with Gasteiger partial charge >= 0.3 is 0 Å². The molecule has 0 radical (unpaired) electrons. The minimum Gasteiger partial charge on any atom is -0.493 e. The summed E-state index contributed by atoms with van der Waals surface area (Å²) in [6, 6.07) is 16.1. The van der Waals surface area contributed by atoms with Gasteiger partial charge in [0.05, 0.1) is 26.1 Å². The van der Waals surface area contributed by atoms with Crippen molar-refractivity contribution in [3.8, 4) is 23.1 Å². The Labute approximate surface area is 157 Å². The number of nitrogens with zero attached hydrogens (tertiary/aromatic N) is 1. The molecule has 6 heteroatoms. The average molecular weight is 364 g/mol. The van der Waals surface area contributed by atoms with Crippen LogP contribution >= 0.6 is 0 Å². The topological polar surface area (TPSA) is 69.7 Å². The lowest BCUT2D eigenvalue weighted by molar-refractivity contribution is 0.102. The third kappa shape index (κ3) is 4.55. The second kappa shape index (κ2) is 8.23. The molecule has 27 heavy (non-hydrogen) atoms. The maximum atomic E-state index is 12.4. The first-order valence-corrected chi connectivity index (χ1v) is 8.33. The third-order valence-corrected chi connectivity index (χ3v) is 3.88. The smallest absolute Gasteiger partial charge is 0.255 e. The van der Waals surface area contributed by atoms with Crippen LogP contribution in [-0.4, -0.2) is 25.1 Å². The summed E-state index contributed by atoms with van der Waals surface area (Å²) in [6.45, 7) is 2.01. The summed E-state index contributed by atoms with van der Waals surface area (Å²) in [5, 5.41) is 2.79. The predicted molar refractivity (Wildman–Crippen MR) is 103 cm³/mol. The molecule has 1 amide bonds. The molecule has 0 fully saturated rings. The number of rotatable bonds is 6. The number of ether oxygens (including phenoxy) is 3. The van der Waals surface area contributed by atoms with E-state index in [2.05, 4.69) is 10.3 Å². The Morgan fingerprint density at radius 3 is 2.30 bits per heavy atom. The van der Waals surface area contributed by atoms with E-state index in [1.54, 1.807) is 43.6 Å². The molecule has 3 rings (SSSR count). The standard InChI is InChI=1S/C21H20N2O4/c1-14-4-8-17(9-5-14)27-20-11-7-16(13-22-20)23-21(24)15-6-10-18(25-2)19(12-15)26-3/h4-13H,1-3H3,(H,23,24). The lowest BCUT2D eigenvalue weighted by atomic mass is 10.2. The minimum atomic E-state index is -0.273. The fraction of sp³-hybridized carbons (Fsp3) is 0.143. The van der Waals surface area contributed by atoms with Crippen molar-refractivity contribution in [2.45, 2.75) is 6.92 Å². The van der Waals surface area contributed by atoms with Crippen molar-refractivity contribution in [2.75, 3.05) is 19.5 Å². The molecule has 0 saturated carbocycles. The highest BCUT2D eigenvalue weighted by Gasteiger charge is 2.11. The van der Waals surface area contributed by atoms with Gasteiger partial charge < -0.3 is 19.5 Å². The van der Waals surface area contributed by atoms with E-state index in [1.165, 1.54) is 7.11 Å². The Morgan fingerprint density at radius 2 is 1.67 bits per heavy atom. The maximum absolute atomic E-state index is 12.4. The number of aromatic nitrogens is 1. The number of hydrogen-bond donors (Lipinski definition) is 1. The zero-order valence-electron chi connectivity index (χ0n) is 15.4. The highest BCUT2D eigenvalue weighted by atomic mass is 16.5. The number of pyridine rings is 1. The van der Waals surface area contributed by atoms with E-state index >= 15 is 0 Å². The van der Waals surface area contributed by atoms with Crippen LogP contribution in [0.25, 0.3) is 0 Å². The van der Waals surface area contributed by atoms with E-state index in [9.17, 15) is 4.79 Å². The van der Waals surface area contributed by atoms with E-state index in [4.69, 9.17) is 14.2 Å². The molecule has 0 spiro atoms. The van der Waals surface area contributed by atoms with Gasteiger partial charge in [-0.05, 0) is 43.3 Å². The van der Waals surface area contributed by atoms with Gasteiger partial charge in [-0.1, -0.05) is 17.7 Å². The molecule has 3 aromatic rings. The molecule has 6 nitrogen and oxygen atoms in total. The zero-order valence-corrected chi connectivity index (χ0v) is 15.4. The van der Waals surface area contributed by atoms with Crippen molar-refractivity contribution in [3.05, 3.63) is 71.9 Å². The first-order valence-electron chi connectivity index (χ1n) is 8.33. The van der Waals surface area contributed by atoms with Gasteiger partial charge in [-0.25, -0.2) is 4.98 Å². The van der Waals surface area contributed by atoms with Crippen LogP contribution in [0, 0.1) is 6.92 Å². The predicted octanol–water partition coefficient (Wildman–Crippen LogP) is 4.45. The van der Waals surface area contributed by atoms with Crippen molar-refractivity contribution in [1.29, 1.82) is 0 Å². The number of hydrogen-bond acceptors (Lipinski definition) is 5. The molecule has 0 atom stereocenters. The average Bonchev–Trinajstić information content (AvgIpc) is 2.70. The molecule has 0 aliphatic carbocycles. The number of anilines is 1. The number of aryl methyl sites for hydroxylation is 1. The van der Waals surface area contributed by atoms with Crippen LogP contribution in [0.15, 0.2) is 60.8 Å². The molecule has 1 N–H and O–H groups in total. The Kier molecular flexibility index (Phi) is 5.56. The summed E-state index contributed by atoms with van der Waals surface area (Å²) in [5.74, 6) is 1.93. The van der Waals surface area contributed by atoms with E-state index < -0.39 is 0 Å². The van der Waals surface area contributed by atoms with Crippen LogP contribution in [0.1, 0.15) is 15.9 Å². The monoisotopic (exact) mass is 364 g/mol. The SMILES string of the molecule is COc1ccc(C(=O)Nc2ccc(Oc3ccc(C)cc3)nc2)cc1OC. The Hall–Kier alpha value is -3.54. The number of carbonyl (C=O) groups is 1. The summed E-state index contributed by atoms with van der Waals surface area (Å²) in [7, 11) is 3.07. The number of benzene rings is 2. The highest BCUT2D eigenvalue weighted by molar-refractivity contribution is 6.04. The molecule has 0 unspecified atom stereocenters. The Balaban J connectivity index is 1.67. The first-order chi connectivity index (χ1) is 13.1. The molecule has 1 aromatic heterocycles. The maximum Gasteiger partial charge on any atom is 0.255 e. The molecular formula is C21H20N2O4. The van der Waals surface area contributed by atoms with Crippen molar-refractivity contribution in [1.82, 2.24) is 4.98 Å². The van der Waals surface area contributed by atoms with E-state index in [0.29, 0.717) is 34.4 Å². The molecule has 1 heterocycles. The summed E-state index contributed by atoms with van der Waals surface area (Å²) in [6.07, 6.45) is 1.54. The van der Waals surface area contributed by atoms with Crippen LogP contribution < -0.4 is 19.5 Å². The highest BCUT2D eigenvalue weighted by Crippen LogP contribution is 2.28. The van der Waals surface area contributed by atoms with Gasteiger partial charge in [-0.3, -0.25) is 4.79 Å². The van der Waals surface area contributed by atoms with Crippen molar-refractivity contribution in [3.63, 3.8) is 0 Å². The molecule has 0 bridgehead atoms. The Morgan fingerprint density at radius 1 is 0.926 bits per heavy atom. The zero-order chi connectivity index (χ0) is 19.2. The van der Waals surface area contributed by atoms with Crippen molar-refractivity contribution in [2.24, 2.45) is 0 Å². The van der Waals surface area contributed by atoms with Gasteiger partial charge in [0.2, 0.25) is 5.88 Å². The molecule has 0 aliphatic heterocycles. The van der Waals surface area contributed by atoms with Gasteiger partial charge in [0.25, 0.3) is 5.91 Å². The quantitative estimate of drug-likeness (QED) is 0.700. The number of nitrogens with one attached hydrogen (secondary N) is 1. The molecule has 0 aliphatic rings. The minimum absolute atomic E-state index is 0.273. The van der Waals surface area contributed by atoms with Crippen LogP contribution in [0.5, 0.6) is 23.1 Å². The fourth-order valence-corrected chi connectivity index (χ4v) is 2.42. The largest absolute Gasteiger partial charge is 0.493 e. The first kappa shape index (κ1) is 18.3. The summed E-state index contributed by atoms with van der Waals surface area (Å²) in [5.41, 5.74) is 2.17. The van der Waals surface area contributed by atoms with E-state index in [-0.39, 0.29) is 5.91 Å². The van der Waals surface area contributed by atoms with Crippen molar-refractivity contribution < 1.29 is 19.0 Å². The summed E-state index contributed by atoms with van der Waals surface area (Å²) in [4.78, 5) is 16.6. The Bertz CT molecular complexity index is 922. The number of carbonyl (C=O) groups excluding carboxylic acids is 1. The number of methoxy groups -OCH3 is 2. The fourth-order valence-electron chi connectivity index (χ4n) is 2.42. The number of amides is 1. The molecule has 2 aromatic carbocycles. The normalized spacial score (nSPS) is 10.2. The van der Waals surface area contributed by atoms with Crippen LogP contribution in [0.3, 0.4) is 0 Å². The van der Waals surface area contributed by atoms with Gasteiger partial charge in [-0.2, -0.15) is 0 Å². The summed E-state index contributed by atoms with van der Waals surface area (Å²) >= 11 is 0. The molecular weight excluding hydrogens is 344 g/mol. The van der Waals surface area contributed by atoms with Crippen LogP contribution in [-0.2, 0) is 0 Å². The second-order valence-electron chi connectivity index (χ2n) is 5.82. The lowest BCUT2D eigenvalue weighted by Gasteiger charge is -2.10. The summed E-state index contributed by atoms with van der Waals surface area (Å²) < 4.78 is 16.1. The lowest BCUT2D eigenvalue weighted by Crippen LogP contribution is -2.12. The van der Waals surface area contributed by atoms with Crippen LogP contribution in [0.4, 0.5) is 5.69 Å². The van der Waals surface area contributed by atoms with Gasteiger partial charge in [0, 0.05) is 11.6 Å². The van der Waals surface area contributed by atoms with Gasteiger partial charge in [0.1, 0.15) is 5.75 Å². The van der Waals surface area contributed by atoms with Crippen LogP contribution in [0.2, 0.25) is 0 Å². The van der Waals surface area contributed by atoms with Gasteiger partial charge in [-0.15, -0.1) is 0 Å². The van der Waals surface area contributed by atoms with E-state index in [0.717, 1.165) is 5.56 Å². The second-order valence-corrected chi connectivity index (χ2v) is 5.82. The van der Waals surface area contributed by atoms with E-state index in [1.807, 2.05) is 31.2 Å². The molecule has 138 valence electrons.